The highest BCUT2D eigenvalue weighted by molar-refractivity contribution is 7.71. The molecule has 4 rings (SSSR count). The molecule has 0 unspecified atom stereocenters. The lowest BCUT2D eigenvalue weighted by Crippen LogP contribution is -2.13. The van der Waals surface area contributed by atoms with Gasteiger partial charge in [0.15, 0.2) is 4.77 Å². The molecule has 19 heavy (non-hydrogen) atoms. The molecule has 1 heterocycles. The van der Waals surface area contributed by atoms with Gasteiger partial charge in [0.05, 0.1) is 16.1 Å². The van der Waals surface area contributed by atoms with Gasteiger partial charge >= 0.3 is 0 Å². The zero-order valence-electron chi connectivity index (χ0n) is 10.3. The van der Waals surface area contributed by atoms with E-state index in [1.54, 1.807) is 6.07 Å². The number of fused-ring (bicyclic) bond motifs is 1. The lowest BCUT2D eigenvalue weighted by Gasteiger charge is -2.18. The van der Waals surface area contributed by atoms with E-state index in [2.05, 4.69) is 9.55 Å². The van der Waals surface area contributed by atoms with E-state index in [4.69, 9.17) is 23.8 Å². The molecule has 1 N–H and O–H groups in total. The molecular weight excluding hydrogens is 283 g/mol. The van der Waals surface area contributed by atoms with Crippen LogP contribution in [0.5, 0.6) is 0 Å². The molecule has 2 aromatic rings. The molecule has 2 aliphatic carbocycles. The van der Waals surface area contributed by atoms with E-state index in [0.29, 0.717) is 10.8 Å². The predicted molar refractivity (Wildman–Crippen MR) is 76.6 cm³/mol. The summed E-state index contributed by atoms with van der Waals surface area (Å²) in [5.74, 6) is 1.07. The summed E-state index contributed by atoms with van der Waals surface area (Å²) < 4.78 is 16.6. The van der Waals surface area contributed by atoms with Crippen molar-refractivity contribution in [3.63, 3.8) is 0 Å². The van der Waals surface area contributed by atoms with Gasteiger partial charge in [-0.1, -0.05) is 11.6 Å². The molecule has 0 atom stereocenters. The number of hydrogen-bond donors (Lipinski definition) is 1. The summed E-state index contributed by atoms with van der Waals surface area (Å²) in [6.07, 6.45) is 5.08. The number of H-pyrrole nitrogens is 1. The molecule has 0 bridgehead atoms. The van der Waals surface area contributed by atoms with Gasteiger partial charge < -0.3 is 9.55 Å². The Balaban J connectivity index is 1.94. The number of hydrogen-bond acceptors (Lipinski definition) is 1. The number of nitrogens with zero attached hydrogens (tertiary/aromatic N) is 1. The largest absolute Gasteiger partial charge is 0.331 e. The lowest BCUT2D eigenvalue weighted by molar-refractivity contribution is 0.400. The molecule has 100 valence electrons. The summed E-state index contributed by atoms with van der Waals surface area (Å²) in [5.41, 5.74) is 1.69. The minimum Gasteiger partial charge on any atom is -0.331 e. The van der Waals surface area contributed by atoms with Crippen LogP contribution in [0.25, 0.3) is 11.0 Å². The molecular formula is C14H14ClFN2S. The molecule has 2 fully saturated rings. The predicted octanol–water partition coefficient (Wildman–Crippen LogP) is 4.85. The van der Waals surface area contributed by atoms with Gasteiger partial charge in [0.1, 0.15) is 5.82 Å². The van der Waals surface area contributed by atoms with Crippen molar-refractivity contribution in [2.45, 2.75) is 31.7 Å². The second-order valence-electron chi connectivity index (χ2n) is 5.75. The van der Waals surface area contributed by atoms with Crippen LogP contribution in [0.1, 0.15) is 31.7 Å². The Morgan fingerprint density at radius 2 is 1.89 bits per heavy atom. The second-order valence-corrected chi connectivity index (χ2v) is 6.54. The van der Waals surface area contributed by atoms with Gasteiger partial charge in [-0.2, -0.15) is 0 Å². The molecule has 0 saturated heterocycles. The van der Waals surface area contributed by atoms with E-state index in [9.17, 15) is 4.39 Å². The number of aromatic amines is 1. The summed E-state index contributed by atoms with van der Waals surface area (Å²) >= 11 is 11.3. The summed E-state index contributed by atoms with van der Waals surface area (Å²) in [4.78, 5) is 3.17. The molecule has 0 spiro atoms. The first-order valence-electron chi connectivity index (χ1n) is 6.74. The Morgan fingerprint density at radius 1 is 1.26 bits per heavy atom. The van der Waals surface area contributed by atoms with E-state index in [0.717, 1.165) is 22.9 Å². The first kappa shape index (κ1) is 11.9. The standard InChI is InChI=1S/C14H14ClFN2S/c15-9-5-11-12(6-10(9)16)18(14(19)17-11)13(7-1-2-7)8-3-4-8/h5-8,13H,1-4H2,(H,17,19). The molecule has 1 aromatic heterocycles. The summed E-state index contributed by atoms with van der Waals surface area (Å²) in [7, 11) is 0. The van der Waals surface area contributed by atoms with Crippen LogP contribution in [0.3, 0.4) is 0 Å². The van der Waals surface area contributed by atoms with Crippen molar-refractivity contribution in [1.29, 1.82) is 0 Å². The monoisotopic (exact) mass is 296 g/mol. The second kappa shape index (κ2) is 4.06. The fourth-order valence-electron chi connectivity index (χ4n) is 3.10. The van der Waals surface area contributed by atoms with Crippen LogP contribution in [0.2, 0.25) is 5.02 Å². The third-order valence-electron chi connectivity index (χ3n) is 4.27. The number of nitrogens with one attached hydrogen (secondary N) is 1. The Hall–Kier alpha value is -0.870. The smallest absolute Gasteiger partial charge is 0.178 e. The van der Waals surface area contributed by atoms with Gasteiger partial charge in [-0.05, 0) is 55.8 Å². The maximum absolute atomic E-state index is 13.7. The van der Waals surface area contributed by atoms with Crippen molar-refractivity contribution < 1.29 is 4.39 Å². The number of halogens is 2. The maximum atomic E-state index is 13.7. The summed E-state index contributed by atoms with van der Waals surface area (Å²) in [5, 5.41) is 0.144. The highest BCUT2D eigenvalue weighted by atomic mass is 35.5. The highest BCUT2D eigenvalue weighted by Gasteiger charge is 2.43. The van der Waals surface area contributed by atoms with Gasteiger partial charge in [0, 0.05) is 12.1 Å². The van der Waals surface area contributed by atoms with Crippen molar-refractivity contribution in [3.05, 3.63) is 27.7 Å². The Kier molecular flexibility index (Phi) is 2.55. The molecule has 0 aliphatic heterocycles. The van der Waals surface area contributed by atoms with Crippen LogP contribution >= 0.6 is 23.8 Å². The molecule has 2 nitrogen and oxygen atoms in total. The maximum Gasteiger partial charge on any atom is 0.178 e. The molecule has 0 radical (unpaired) electrons. The molecule has 0 amide bonds. The average molecular weight is 297 g/mol. The summed E-state index contributed by atoms with van der Waals surface area (Å²) in [6, 6.07) is 3.60. The quantitative estimate of drug-likeness (QED) is 0.803. The van der Waals surface area contributed by atoms with Crippen LogP contribution < -0.4 is 0 Å². The van der Waals surface area contributed by atoms with Crippen molar-refractivity contribution in [2.75, 3.05) is 0 Å². The van der Waals surface area contributed by atoms with Gasteiger partial charge in [-0.15, -0.1) is 0 Å². The van der Waals surface area contributed by atoms with Crippen LogP contribution in [0.15, 0.2) is 12.1 Å². The zero-order valence-corrected chi connectivity index (χ0v) is 11.9. The average Bonchev–Trinajstić information content (AvgIpc) is 3.24. The van der Waals surface area contributed by atoms with Gasteiger partial charge in [0.2, 0.25) is 0 Å². The normalized spacial score (nSPS) is 19.5. The van der Waals surface area contributed by atoms with Crippen LogP contribution in [0.4, 0.5) is 4.39 Å². The minimum atomic E-state index is -0.373. The fourth-order valence-corrected chi connectivity index (χ4v) is 3.59. The van der Waals surface area contributed by atoms with Crippen molar-refractivity contribution >= 4 is 34.9 Å². The highest BCUT2D eigenvalue weighted by Crippen LogP contribution is 2.52. The Morgan fingerprint density at radius 3 is 2.47 bits per heavy atom. The third-order valence-corrected chi connectivity index (χ3v) is 4.86. The van der Waals surface area contributed by atoms with Crippen molar-refractivity contribution in [3.8, 4) is 0 Å². The van der Waals surface area contributed by atoms with Gasteiger partial charge in [-0.3, -0.25) is 0 Å². The van der Waals surface area contributed by atoms with Crippen molar-refractivity contribution in [1.82, 2.24) is 9.55 Å². The van der Waals surface area contributed by atoms with Crippen LogP contribution in [-0.4, -0.2) is 9.55 Å². The minimum absolute atomic E-state index is 0.144. The molecule has 2 aliphatic rings. The van der Waals surface area contributed by atoms with E-state index in [1.807, 2.05) is 0 Å². The van der Waals surface area contributed by atoms with Crippen molar-refractivity contribution in [2.24, 2.45) is 11.8 Å². The number of aromatic nitrogens is 2. The summed E-state index contributed by atoms with van der Waals surface area (Å²) in [6.45, 7) is 0. The topological polar surface area (TPSA) is 20.7 Å². The third kappa shape index (κ3) is 1.93. The van der Waals surface area contributed by atoms with E-state index >= 15 is 0 Å². The number of imidazole rings is 1. The molecule has 2 saturated carbocycles. The van der Waals surface area contributed by atoms with E-state index in [1.165, 1.54) is 31.7 Å². The van der Waals surface area contributed by atoms with Crippen LogP contribution in [-0.2, 0) is 0 Å². The molecule has 1 aromatic carbocycles. The van der Waals surface area contributed by atoms with E-state index < -0.39 is 0 Å². The van der Waals surface area contributed by atoms with E-state index in [-0.39, 0.29) is 10.8 Å². The van der Waals surface area contributed by atoms with Crippen LogP contribution in [0, 0.1) is 22.4 Å². The Bertz CT molecular complexity index is 700. The lowest BCUT2D eigenvalue weighted by atomic mass is 10.1. The number of rotatable bonds is 3. The first-order chi connectivity index (χ1) is 9.15. The SMILES string of the molecule is Fc1cc2c(cc1Cl)[nH]c(=S)n2C(C1CC1)C1CC1. The zero-order chi connectivity index (χ0) is 13.1. The van der Waals surface area contributed by atoms with Gasteiger partial charge in [-0.25, -0.2) is 4.39 Å². The number of benzene rings is 1. The van der Waals surface area contributed by atoms with Gasteiger partial charge in [0.25, 0.3) is 0 Å². The first-order valence-corrected chi connectivity index (χ1v) is 7.53. The fraction of sp³-hybridized carbons (Fsp3) is 0.500. The molecule has 5 heteroatoms. The Labute approximate surface area is 120 Å².